The molecule has 0 bridgehead atoms. The number of primary amides is 1. The second-order valence-electron chi connectivity index (χ2n) is 8.64. The molecule has 0 spiro atoms. The van der Waals surface area contributed by atoms with Gasteiger partial charge in [0.15, 0.2) is 0 Å². The molecule has 4 amide bonds. The van der Waals surface area contributed by atoms with Gasteiger partial charge in [-0.3, -0.25) is 24.0 Å². The van der Waals surface area contributed by atoms with Crippen LogP contribution in [0, 0.1) is 5.92 Å². The summed E-state index contributed by atoms with van der Waals surface area (Å²) in [6.07, 6.45) is 1.65. The van der Waals surface area contributed by atoms with Gasteiger partial charge in [0.25, 0.3) is 0 Å². The van der Waals surface area contributed by atoms with Crippen molar-refractivity contribution < 1.29 is 39.0 Å². The zero-order valence-corrected chi connectivity index (χ0v) is 20.0. The summed E-state index contributed by atoms with van der Waals surface area (Å²) >= 11 is 0. The summed E-state index contributed by atoms with van der Waals surface area (Å²) in [5, 5.41) is 25.4. The molecular formula is C21H33N7O8. The minimum absolute atomic E-state index is 0.0796. The fraction of sp³-hybridized carbons (Fsp3) is 0.571. The molecular weight excluding hydrogens is 478 g/mol. The maximum Gasteiger partial charge on any atom is 0.326 e. The third kappa shape index (κ3) is 10.9. The van der Waals surface area contributed by atoms with E-state index in [1.807, 2.05) is 0 Å². The van der Waals surface area contributed by atoms with Crippen LogP contribution in [0.25, 0.3) is 0 Å². The minimum atomic E-state index is -1.42. The fourth-order valence-electron chi connectivity index (χ4n) is 3.18. The van der Waals surface area contributed by atoms with Crippen molar-refractivity contribution in [3.05, 3.63) is 18.2 Å². The van der Waals surface area contributed by atoms with E-state index in [-0.39, 0.29) is 31.6 Å². The summed E-state index contributed by atoms with van der Waals surface area (Å²) in [6.45, 7) is 3.56. The largest absolute Gasteiger partial charge is 0.481 e. The van der Waals surface area contributed by atoms with E-state index in [9.17, 15) is 33.9 Å². The van der Waals surface area contributed by atoms with Gasteiger partial charge in [0, 0.05) is 24.7 Å². The number of imidazole rings is 1. The van der Waals surface area contributed by atoms with E-state index in [2.05, 4.69) is 25.9 Å². The zero-order valence-electron chi connectivity index (χ0n) is 20.0. The molecule has 1 heterocycles. The number of nitrogens with two attached hydrogens (primary N) is 2. The Morgan fingerprint density at radius 2 is 1.56 bits per heavy atom. The number of aromatic nitrogens is 2. The molecule has 15 heteroatoms. The second-order valence-corrected chi connectivity index (χ2v) is 8.64. The predicted octanol–water partition coefficient (Wildman–Crippen LogP) is -2.40. The van der Waals surface area contributed by atoms with Crippen molar-refractivity contribution in [1.29, 1.82) is 0 Å². The first-order valence-corrected chi connectivity index (χ1v) is 11.2. The standard InChI is InChI=1S/C21H33N7O8/c1-10(2)5-14(19(33)26-13(21(35)36)3-4-16(23)29)28-20(34)15(6-11-8-24-9-25-11)27-18(32)12(22)7-17(30)31/h8-10,12-15H,3-7,22H2,1-2H3,(H2,23,29)(H,24,25)(H,26,33)(H,27,32)(H,28,34)(H,30,31)(H,35,36). The Bertz CT molecular complexity index is 935. The monoisotopic (exact) mass is 511 g/mol. The molecule has 0 saturated heterocycles. The number of aliphatic carboxylic acids is 2. The molecule has 0 aliphatic carbocycles. The smallest absolute Gasteiger partial charge is 0.326 e. The minimum Gasteiger partial charge on any atom is -0.481 e. The van der Waals surface area contributed by atoms with Crippen molar-refractivity contribution in [2.24, 2.45) is 17.4 Å². The number of carbonyl (C=O) groups excluding carboxylic acids is 4. The van der Waals surface area contributed by atoms with Crippen LogP contribution < -0.4 is 27.4 Å². The summed E-state index contributed by atoms with van der Waals surface area (Å²) in [5.41, 5.74) is 11.1. The summed E-state index contributed by atoms with van der Waals surface area (Å²) in [6, 6.07) is -5.27. The quantitative estimate of drug-likeness (QED) is 0.117. The number of rotatable bonds is 16. The molecule has 1 aromatic rings. The molecule has 1 rings (SSSR count). The van der Waals surface area contributed by atoms with Crippen molar-refractivity contribution >= 4 is 35.6 Å². The van der Waals surface area contributed by atoms with Crippen LogP contribution in [0.4, 0.5) is 0 Å². The molecule has 10 N–H and O–H groups in total. The van der Waals surface area contributed by atoms with Crippen LogP contribution in [0.1, 0.15) is 45.2 Å². The number of carboxylic acids is 2. The molecule has 0 saturated carbocycles. The first-order chi connectivity index (χ1) is 16.8. The van der Waals surface area contributed by atoms with Crippen molar-refractivity contribution in [3.63, 3.8) is 0 Å². The number of carboxylic acid groups (broad SMARTS) is 2. The lowest BCUT2D eigenvalue weighted by atomic mass is 10.0. The van der Waals surface area contributed by atoms with E-state index in [1.54, 1.807) is 13.8 Å². The normalized spacial score (nSPS) is 14.2. The van der Waals surface area contributed by atoms with E-state index in [0.717, 1.165) is 0 Å². The average molecular weight is 512 g/mol. The topological polar surface area (TPSA) is 260 Å². The molecule has 0 aliphatic rings. The highest BCUT2D eigenvalue weighted by Crippen LogP contribution is 2.09. The van der Waals surface area contributed by atoms with Gasteiger partial charge in [-0.05, 0) is 18.8 Å². The first kappa shape index (κ1) is 30.0. The van der Waals surface area contributed by atoms with Gasteiger partial charge in [-0.2, -0.15) is 0 Å². The van der Waals surface area contributed by atoms with Gasteiger partial charge in [0.2, 0.25) is 23.6 Å². The van der Waals surface area contributed by atoms with Gasteiger partial charge in [-0.15, -0.1) is 0 Å². The van der Waals surface area contributed by atoms with Crippen molar-refractivity contribution in [2.45, 2.75) is 70.1 Å². The molecule has 1 aromatic heterocycles. The van der Waals surface area contributed by atoms with Crippen LogP contribution in [0.3, 0.4) is 0 Å². The number of aromatic amines is 1. The van der Waals surface area contributed by atoms with Crippen LogP contribution >= 0.6 is 0 Å². The number of hydrogen-bond acceptors (Lipinski definition) is 8. The Balaban J connectivity index is 3.05. The molecule has 0 aliphatic heterocycles. The number of amides is 4. The molecule has 36 heavy (non-hydrogen) atoms. The Kier molecular flexibility index (Phi) is 12.0. The molecule has 0 fully saturated rings. The number of nitrogens with zero attached hydrogens (tertiary/aromatic N) is 1. The van der Waals surface area contributed by atoms with Crippen LogP contribution in [-0.4, -0.2) is 79.9 Å². The second kappa shape index (κ2) is 14.4. The lowest BCUT2D eigenvalue weighted by Gasteiger charge is -2.26. The molecule has 4 unspecified atom stereocenters. The van der Waals surface area contributed by atoms with Crippen LogP contribution in [0.15, 0.2) is 12.5 Å². The maximum absolute atomic E-state index is 13.1. The van der Waals surface area contributed by atoms with Crippen LogP contribution in [0.2, 0.25) is 0 Å². The van der Waals surface area contributed by atoms with Gasteiger partial charge < -0.3 is 42.6 Å². The van der Waals surface area contributed by atoms with E-state index in [1.165, 1.54) is 12.5 Å². The molecule has 15 nitrogen and oxygen atoms in total. The van der Waals surface area contributed by atoms with E-state index in [4.69, 9.17) is 16.6 Å². The Morgan fingerprint density at radius 1 is 0.972 bits per heavy atom. The zero-order chi connectivity index (χ0) is 27.4. The maximum atomic E-state index is 13.1. The van der Waals surface area contributed by atoms with Crippen molar-refractivity contribution in [1.82, 2.24) is 25.9 Å². The lowest BCUT2D eigenvalue weighted by molar-refractivity contribution is -0.142. The molecule has 200 valence electrons. The molecule has 0 aromatic carbocycles. The highest BCUT2D eigenvalue weighted by molar-refractivity contribution is 5.95. The highest BCUT2D eigenvalue weighted by Gasteiger charge is 2.31. The third-order valence-corrected chi connectivity index (χ3v) is 4.98. The Morgan fingerprint density at radius 3 is 2.06 bits per heavy atom. The fourth-order valence-corrected chi connectivity index (χ4v) is 3.18. The Hall–Kier alpha value is -4.01. The van der Waals surface area contributed by atoms with Crippen LogP contribution in [-0.2, 0) is 35.2 Å². The van der Waals surface area contributed by atoms with Crippen LogP contribution in [0.5, 0.6) is 0 Å². The van der Waals surface area contributed by atoms with E-state index >= 15 is 0 Å². The number of H-pyrrole nitrogens is 1. The number of carbonyl (C=O) groups is 6. The van der Waals surface area contributed by atoms with Gasteiger partial charge in [-0.25, -0.2) is 9.78 Å². The summed E-state index contributed by atoms with van der Waals surface area (Å²) in [4.78, 5) is 78.4. The van der Waals surface area contributed by atoms with Crippen molar-refractivity contribution in [3.8, 4) is 0 Å². The van der Waals surface area contributed by atoms with E-state index < -0.39 is 66.2 Å². The third-order valence-electron chi connectivity index (χ3n) is 4.98. The summed E-state index contributed by atoms with van der Waals surface area (Å²) < 4.78 is 0. The average Bonchev–Trinajstić information content (AvgIpc) is 3.27. The molecule has 0 radical (unpaired) electrons. The van der Waals surface area contributed by atoms with Gasteiger partial charge in [0.05, 0.1) is 18.8 Å². The van der Waals surface area contributed by atoms with Gasteiger partial charge >= 0.3 is 11.9 Å². The summed E-state index contributed by atoms with van der Waals surface area (Å²) in [7, 11) is 0. The Labute approximate surface area is 206 Å². The lowest BCUT2D eigenvalue weighted by Crippen LogP contribution is -2.58. The number of nitrogens with one attached hydrogen (secondary N) is 4. The van der Waals surface area contributed by atoms with Gasteiger partial charge in [-0.1, -0.05) is 13.8 Å². The highest BCUT2D eigenvalue weighted by atomic mass is 16.4. The number of hydrogen-bond donors (Lipinski definition) is 8. The predicted molar refractivity (Wildman–Crippen MR) is 124 cm³/mol. The van der Waals surface area contributed by atoms with E-state index in [0.29, 0.717) is 5.69 Å². The summed E-state index contributed by atoms with van der Waals surface area (Å²) in [5.74, 6) is -5.99. The SMILES string of the molecule is CC(C)CC(NC(=O)C(Cc1cnc[nH]1)NC(=O)C(N)CC(=O)O)C(=O)NC(CCC(N)=O)C(=O)O. The molecule has 4 atom stereocenters. The van der Waals surface area contributed by atoms with Gasteiger partial charge in [0.1, 0.15) is 18.1 Å². The van der Waals surface area contributed by atoms with Crippen molar-refractivity contribution in [2.75, 3.05) is 0 Å². The first-order valence-electron chi connectivity index (χ1n) is 11.2.